The minimum absolute atomic E-state index is 0.168. The van der Waals surface area contributed by atoms with Crippen LogP contribution in [0.3, 0.4) is 0 Å². The molecule has 0 aromatic heterocycles. The largest absolute Gasteiger partial charge is 0.504 e. The molecule has 0 heterocycles. The zero-order valence-corrected chi connectivity index (χ0v) is 11.7. The van der Waals surface area contributed by atoms with Crippen molar-refractivity contribution in [2.75, 3.05) is 12.4 Å². The number of aliphatic hydroxyl groups is 2. The number of benzene rings is 1. The molecule has 0 fully saturated rings. The number of methoxy groups -OCH3 is 1. The predicted octanol–water partition coefficient (Wildman–Crippen LogP) is 1.95. The Morgan fingerprint density at radius 2 is 2.00 bits per heavy atom. The summed E-state index contributed by atoms with van der Waals surface area (Å²) in [7, 11) is 1.42. The Bertz CT molecular complexity index is 370. The van der Waals surface area contributed by atoms with Gasteiger partial charge in [-0.25, -0.2) is 0 Å². The molecule has 0 aliphatic rings. The molecule has 90 valence electrons. The highest BCUT2D eigenvalue weighted by Gasteiger charge is 2.23. The Kier molecular flexibility index (Phi) is 5.04. The molecule has 0 aliphatic carbocycles. The predicted molar refractivity (Wildman–Crippen MR) is 67.1 cm³/mol. The quantitative estimate of drug-likeness (QED) is 0.722. The summed E-state index contributed by atoms with van der Waals surface area (Å²) in [5.41, 5.74) is 0.221. The van der Waals surface area contributed by atoms with Gasteiger partial charge in [0.15, 0.2) is 11.5 Å². The number of alkyl halides is 1. The number of phenols is 1. The summed E-state index contributed by atoms with van der Waals surface area (Å²) in [5.74, 6) is 0.0726. The number of phenolic OH excluding ortho intramolecular Hbond substituents is 1. The fourth-order valence-corrected chi connectivity index (χ4v) is 2.08. The molecule has 3 N–H and O–H groups in total. The maximum Gasteiger partial charge on any atom is 0.163 e. The van der Waals surface area contributed by atoms with Crippen LogP contribution < -0.4 is 4.74 Å². The minimum atomic E-state index is -1.18. The van der Waals surface area contributed by atoms with Crippen LogP contribution in [0.25, 0.3) is 0 Å². The van der Waals surface area contributed by atoms with Crippen LogP contribution in [-0.4, -0.2) is 33.9 Å². The third-order valence-electron chi connectivity index (χ3n) is 2.13. The van der Waals surface area contributed by atoms with E-state index in [2.05, 4.69) is 31.9 Å². The fraction of sp³-hybridized carbons (Fsp3) is 0.400. The topological polar surface area (TPSA) is 69.9 Å². The zero-order chi connectivity index (χ0) is 12.3. The number of rotatable bonds is 4. The van der Waals surface area contributed by atoms with Crippen molar-refractivity contribution in [2.45, 2.75) is 12.2 Å². The summed E-state index contributed by atoms with van der Waals surface area (Å²) < 4.78 is 5.60. The van der Waals surface area contributed by atoms with Crippen LogP contribution in [0.2, 0.25) is 0 Å². The van der Waals surface area contributed by atoms with Crippen molar-refractivity contribution in [1.82, 2.24) is 0 Å². The Hall–Kier alpha value is -0.300. The van der Waals surface area contributed by atoms with E-state index in [9.17, 15) is 15.3 Å². The van der Waals surface area contributed by atoms with E-state index in [4.69, 9.17) is 4.74 Å². The van der Waals surface area contributed by atoms with Crippen molar-refractivity contribution in [3.63, 3.8) is 0 Å². The van der Waals surface area contributed by atoms with Crippen LogP contribution in [0.15, 0.2) is 16.6 Å². The molecule has 16 heavy (non-hydrogen) atoms. The number of hydrogen-bond donors (Lipinski definition) is 3. The van der Waals surface area contributed by atoms with Gasteiger partial charge in [-0.3, -0.25) is 0 Å². The SMILES string of the molecule is COc1cc(Br)cc(C(O)C(O)CBr)c1O. The molecule has 2 atom stereocenters. The van der Waals surface area contributed by atoms with E-state index >= 15 is 0 Å². The van der Waals surface area contributed by atoms with E-state index in [1.807, 2.05) is 0 Å². The zero-order valence-electron chi connectivity index (χ0n) is 8.52. The monoisotopic (exact) mass is 354 g/mol. The van der Waals surface area contributed by atoms with Gasteiger partial charge in [0.2, 0.25) is 0 Å². The van der Waals surface area contributed by atoms with Crippen molar-refractivity contribution in [3.8, 4) is 11.5 Å². The first-order valence-corrected chi connectivity index (χ1v) is 6.41. The molecule has 4 nitrogen and oxygen atoms in total. The molecule has 0 amide bonds. The van der Waals surface area contributed by atoms with Crippen LogP contribution in [0.1, 0.15) is 11.7 Å². The standard InChI is InChI=1S/C10H12Br2O4/c1-16-8-3-5(12)2-6(10(8)15)9(14)7(13)4-11/h2-3,7,9,13-15H,4H2,1H3. The lowest BCUT2D eigenvalue weighted by molar-refractivity contribution is 0.0325. The van der Waals surface area contributed by atoms with Gasteiger partial charge in [-0.2, -0.15) is 0 Å². The van der Waals surface area contributed by atoms with Crippen molar-refractivity contribution in [3.05, 3.63) is 22.2 Å². The van der Waals surface area contributed by atoms with Gasteiger partial charge in [-0.15, -0.1) is 0 Å². The van der Waals surface area contributed by atoms with E-state index in [1.54, 1.807) is 6.07 Å². The smallest absolute Gasteiger partial charge is 0.163 e. The minimum Gasteiger partial charge on any atom is -0.504 e. The van der Waals surface area contributed by atoms with Gasteiger partial charge in [0.1, 0.15) is 6.10 Å². The molecule has 1 rings (SSSR count). The Morgan fingerprint density at radius 1 is 1.38 bits per heavy atom. The molecule has 0 saturated carbocycles. The van der Waals surface area contributed by atoms with Gasteiger partial charge < -0.3 is 20.1 Å². The van der Waals surface area contributed by atoms with Gasteiger partial charge in [-0.1, -0.05) is 31.9 Å². The summed E-state index contributed by atoms with van der Waals surface area (Å²) in [6.45, 7) is 0. The van der Waals surface area contributed by atoms with Crippen molar-refractivity contribution >= 4 is 31.9 Å². The summed E-state index contributed by atoms with van der Waals surface area (Å²) in [6, 6.07) is 3.11. The van der Waals surface area contributed by atoms with Gasteiger partial charge in [0.25, 0.3) is 0 Å². The van der Waals surface area contributed by atoms with Crippen LogP contribution in [0.5, 0.6) is 11.5 Å². The summed E-state index contributed by atoms with van der Waals surface area (Å²) in [4.78, 5) is 0. The van der Waals surface area contributed by atoms with Gasteiger partial charge in [0.05, 0.1) is 13.2 Å². The van der Waals surface area contributed by atoms with Gasteiger partial charge in [-0.05, 0) is 12.1 Å². The number of aliphatic hydroxyl groups excluding tert-OH is 2. The van der Waals surface area contributed by atoms with Crippen LogP contribution >= 0.6 is 31.9 Å². The van der Waals surface area contributed by atoms with E-state index in [0.717, 1.165) is 0 Å². The van der Waals surface area contributed by atoms with Crippen molar-refractivity contribution in [1.29, 1.82) is 0 Å². The molecule has 0 saturated heterocycles. The average molecular weight is 356 g/mol. The summed E-state index contributed by atoms with van der Waals surface area (Å²) in [6.07, 6.45) is -2.17. The lowest BCUT2D eigenvalue weighted by Gasteiger charge is -2.18. The highest BCUT2D eigenvalue weighted by molar-refractivity contribution is 9.10. The highest BCUT2D eigenvalue weighted by atomic mass is 79.9. The van der Waals surface area contributed by atoms with E-state index in [-0.39, 0.29) is 22.4 Å². The van der Waals surface area contributed by atoms with Gasteiger partial charge in [0, 0.05) is 15.4 Å². The number of ether oxygens (including phenoxy) is 1. The number of aromatic hydroxyl groups is 1. The second-order valence-corrected chi connectivity index (χ2v) is 4.78. The Labute approximate surface area is 110 Å². The first-order valence-electron chi connectivity index (χ1n) is 4.49. The average Bonchev–Trinajstić information content (AvgIpc) is 2.29. The van der Waals surface area contributed by atoms with E-state index in [0.29, 0.717) is 4.47 Å². The van der Waals surface area contributed by atoms with Crippen molar-refractivity contribution < 1.29 is 20.1 Å². The fourth-order valence-electron chi connectivity index (χ4n) is 1.27. The van der Waals surface area contributed by atoms with E-state index in [1.165, 1.54) is 13.2 Å². The van der Waals surface area contributed by atoms with Crippen LogP contribution in [-0.2, 0) is 0 Å². The molecule has 1 aromatic carbocycles. The molecule has 0 aliphatic heterocycles. The molecule has 0 bridgehead atoms. The highest BCUT2D eigenvalue weighted by Crippen LogP contribution is 2.38. The molecule has 0 radical (unpaired) electrons. The van der Waals surface area contributed by atoms with Crippen LogP contribution in [0.4, 0.5) is 0 Å². The molecule has 6 heteroatoms. The van der Waals surface area contributed by atoms with Crippen molar-refractivity contribution in [2.24, 2.45) is 0 Å². The van der Waals surface area contributed by atoms with E-state index < -0.39 is 12.2 Å². The molecule has 2 unspecified atom stereocenters. The maximum absolute atomic E-state index is 9.80. The third-order valence-corrected chi connectivity index (χ3v) is 3.25. The second kappa shape index (κ2) is 5.86. The molecular formula is C10H12Br2O4. The number of hydrogen-bond acceptors (Lipinski definition) is 4. The second-order valence-electron chi connectivity index (χ2n) is 3.21. The first kappa shape index (κ1) is 13.8. The third kappa shape index (κ3) is 2.88. The number of halogens is 2. The lowest BCUT2D eigenvalue weighted by Crippen LogP contribution is -2.19. The molecule has 0 spiro atoms. The summed E-state index contributed by atoms with van der Waals surface area (Å²) in [5, 5.41) is 29.3. The van der Waals surface area contributed by atoms with Crippen LogP contribution in [0, 0.1) is 0 Å². The molecule has 1 aromatic rings. The Morgan fingerprint density at radius 3 is 2.50 bits per heavy atom. The maximum atomic E-state index is 9.80. The van der Waals surface area contributed by atoms with Gasteiger partial charge >= 0.3 is 0 Å². The summed E-state index contributed by atoms with van der Waals surface area (Å²) >= 11 is 6.29. The lowest BCUT2D eigenvalue weighted by atomic mass is 10.0. The first-order chi connectivity index (χ1) is 7.51. The molecular weight excluding hydrogens is 344 g/mol. The Balaban J connectivity index is 3.17. The normalized spacial score (nSPS) is 14.6.